The van der Waals surface area contributed by atoms with Crippen molar-refractivity contribution in [3.63, 3.8) is 0 Å². The molecular formula is C26H25NO5S. The Morgan fingerprint density at radius 3 is 2.15 bits per heavy atom. The molecule has 0 atom stereocenters. The maximum atomic E-state index is 13.5. The molecule has 0 aliphatic carbocycles. The summed E-state index contributed by atoms with van der Waals surface area (Å²) in [6.45, 7) is 4.25. The zero-order valence-electron chi connectivity index (χ0n) is 19.0. The van der Waals surface area contributed by atoms with Gasteiger partial charge in [-0.15, -0.1) is 0 Å². The van der Waals surface area contributed by atoms with Crippen molar-refractivity contribution in [2.75, 3.05) is 14.2 Å². The van der Waals surface area contributed by atoms with Crippen LogP contribution in [0, 0.1) is 13.8 Å². The molecule has 1 heterocycles. The average molecular weight is 464 g/mol. The van der Waals surface area contributed by atoms with E-state index >= 15 is 0 Å². The van der Waals surface area contributed by atoms with Crippen molar-refractivity contribution in [1.29, 1.82) is 0 Å². The van der Waals surface area contributed by atoms with Crippen molar-refractivity contribution in [2.24, 2.45) is 0 Å². The molecule has 0 fully saturated rings. The highest BCUT2D eigenvalue weighted by Gasteiger charge is 2.25. The van der Waals surface area contributed by atoms with Gasteiger partial charge in [-0.1, -0.05) is 42.0 Å². The summed E-state index contributed by atoms with van der Waals surface area (Å²) >= 11 is 0. The Kier molecular flexibility index (Phi) is 5.99. The number of benzene rings is 3. The van der Waals surface area contributed by atoms with Gasteiger partial charge in [-0.05, 0) is 43.2 Å². The fraction of sp³-hybridized carbons (Fsp3) is 0.192. The predicted molar refractivity (Wildman–Crippen MR) is 128 cm³/mol. The second kappa shape index (κ2) is 8.75. The Bertz CT molecular complexity index is 1500. The molecule has 0 bridgehead atoms. The lowest BCUT2D eigenvalue weighted by atomic mass is 10.1. The van der Waals surface area contributed by atoms with E-state index in [0.29, 0.717) is 23.6 Å². The van der Waals surface area contributed by atoms with Crippen LogP contribution in [0.3, 0.4) is 0 Å². The van der Waals surface area contributed by atoms with Crippen LogP contribution in [-0.2, 0) is 16.4 Å². The van der Waals surface area contributed by atoms with Crippen LogP contribution < -0.4 is 14.9 Å². The summed E-state index contributed by atoms with van der Waals surface area (Å²) in [5.41, 5.74) is 2.99. The summed E-state index contributed by atoms with van der Waals surface area (Å²) in [6.07, 6.45) is 1.43. The van der Waals surface area contributed by atoms with E-state index in [1.807, 2.05) is 38.1 Å². The van der Waals surface area contributed by atoms with Crippen LogP contribution in [0.15, 0.2) is 81.4 Å². The Morgan fingerprint density at radius 2 is 1.52 bits per heavy atom. The molecule has 0 saturated carbocycles. The molecule has 4 aromatic rings. The summed E-state index contributed by atoms with van der Waals surface area (Å²) in [7, 11) is -1.05. The molecule has 0 amide bonds. The first-order valence-corrected chi connectivity index (χ1v) is 11.9. The van der Waals surface area contributed by atoms with E-state index in [1.165, 1.54) is 32.5 Å². The smallest absolute Gasteiger partial charge is 0.211 e. The molecule has 0 radical (unpaired) electrons. The van der Waals surface area contributed by atoms with Gasteiger partial charge in [0.2, 0.25) is 15.3 Å². The number of hydrogen-bond donors (Lipinski definition) is 0. The minimum Gasteiger partial charge on any atom is -0.493 e. The quantitative estimate of drug-likeness (QED) is 0.420. The fourth-order valence-corrected chi connectivity index (χ4v) is 5.20. The van der Waals surface area contributed by atoms with Crippen LogP contribution >= 0.6 is 0 Å². The van der Waals surface area contributed by atoms with Gasteiger partial charge in [-0.25, -0.2) is 8.42 Å². The molecule has 3 aromatic carbocycles. The van der Waals surface area contributed by atoms with E-state index < -0.39 is 15.3 Å². The molecule has 0 aliphatic rings. The second-order valence-corrected chi connectivity index (χ2v) is 9.84. The standard InChI is InChI=1S/C26H25NO5S/c1-17-9-11-20(12-10-17)33(29,30)25-16-27(15-19-8-6-5-7-18(19)2)22-14-24(32-4)23(31-3)13-21(22)26(25)28/h5-14,16H,15H2,1-4H3. The zero-order chi connectivity index (χ0) is 23.8. The minimum absolute atomic E-state index is 0.0764. The largest absolute Gasteiger partial charge is 0.493 e. The van der Waals surface area contributed by atoms with E-state index in [0.717, 1.165) is 16.7 Å². The van der Waals surface area contributed by atoms with Crippen LogP contribution in [0.5, 0.6) is 11.5 Å². The topological polar surface area (TPSA) is 74.6 Å². The molecule has 1 aromatic heterocycles. The molecule has 33 heavy (non-hydrogen) atoms. The second-order valence-electron chi connectivity index (χ2n) is 7.92. The normalized spacial score (nSPS) is 11.5. The Balaban J connectivity index is 2.04. The first-order valence-electron chi connectivity index (χ1n) is 10.4. The lowest BCUT2D eigenvalue weighted by molar-refractivity contribution is 0.355. The molecule has 0 unspecified atom stereocenters. The van der Waals surface area contributed by atoms with Gasteiger partial charge in [0, 0.05) is 18.8 Å². The van der Waals surface area contributed by atoms with Crippen molar-refractivity contribution in [1.82, 2.24) is 4.57 Å². The molecule has 0 saturated heterocycles. The summed E-state index contributed by atoms with van der Waals surface area (Å²) in [5.74, 6) is 0.812. The Morgan fingerprint density at radius 1 is 0.879 bits per heavy atom. The number of aromatic nitrogens is 1. The van der Waals surface area contributed by atoms with Crippen molar-refractivity contribution >= 4 is 20.7 Å². The monoisotopic (exact) mass is 463 g/mol. The summed E-state index contributed by atoms with van der Waals surface area (Å²) in [5, 5.41) is 0.245. The van der Waals surface area contributed by atoms with E-state index in [9.17, 15) is 13.2 Å². The molecule has 170 valence electrons. The maximum Gasteiger partial charge on any atom is 0.211 e. The van der Waals surface area contributed by atoms with Gasteiger partial charge < -0.3 is 14.0 Å². The van der Waals surface area contributed by atoms with Gasteiger partial charge in [-0.3, -0.25) is 4.79 Å². The van der Waals surface area contributed by atoms with Crippen LogP contribution in [0.1, 0.15) is 16.7 Å². The van der Waals surface area contributed by atoms with Crippen molar-refractivity contribution in [3.05, 3.63) is 93.8 Å². The zero-order valence-corrected chi connectivity index (χ0v) is 19.8. The van der Waals surface area contributed by atoms with Crippen molar-refractivity contribution < 1.29 is 17.9 Å². The third-order valence-electron chi connectivity index (χ3n) is 5.78. The number of methoxy groups -OCH3 is 2. The van der Waals surface area contributed by atoms with Crippen LogP contribution in [0.25, 0.3) is 10.9 Å². The molecule has 0 spiro atoms. The summed E-state index contributed by atoms with van der Waals surface area (Å²) in [6, 6.07) is 17.6. The summed E-state index contributed by atoms with van der Waals surface area (Å²) < 4.78 is 39.6. The lowest BCUT2D eigenvalue weighted by Crippen LogP contribution is -2.20. The molecule has 0 aliphatic heterocycles. The van der Waals surface area contributed by atoms with Gasteiger partial charge in [0.15, 0.2) is 11.5 Å². The van der Waals surface area contributed by atoms with Crippen molar-refractivity contribution in [2.45, 2.75) is 30.2 Å². The third kappa shape index (κ3) is 4.12. The third-order valence-corrected chi connectivity index (χ3v) is 7.54. The fourth-order valence-electron chi connectivity index (χ4n) is 3.83. The van der Waals surface area contributed by atoms with Crippen LogP contribution in [-0.4, -0.2) is 27.2 Å². The molecule has 4 rings (SSSR count). The first kappa shape index (κ1) is 22.6. The van der Waals surface area contributed by atoms with Gasteiger partial charge in [0.1, 0.15) is 4.90 Å². The van der Waals surface area contributed by atoms with Crippen LogP contribution in [0.4, 0.5) is 0 Å². The van der Waals surface area contributed by atoms with Gasteiger partial charge in [0.05, 0.1) is 30.0 Å². The lowest BCUT2D eigenvalue weighted by Gasteiger charge is -2.17. The average Bonchev–Trinajstić information content (AvgIpc) is 2.81. The number of ether oxygens (including phenoxy) is 2. The molecule has 7 heteroatoms. The SMILES string of the molecule is COc1cc2c(=O)c(S(=O)(=O)c3ccc(C)cc3)cn(Cc3ccccc3C)c2cc1OC. The number of hydrogen-bond acceptors (Lipinski definition) is 5. The minimum atomic E-state index is -4.04. The highest BCUT2D eigenvalue weighted by Crippen LogP contribution is 2.32. The number of nitrogens with zero attached hydrogens (tertiary/aromatic N) is 1. The summed E-state index contributed by atoms with van der Waals surface area (Å²) in [4.78, 5) is 13.3. The van der Waals surface area contributed by atoms with Gasteiger partial charge in [0.25, 0.3) is 0 Å². The van der Waals surface area contributed by atoms with E-state index in [-0.39, 0.29) is 15.2 Å². The highest BCUT2D eigenvalue weighted by atomic mass is 32.2. The van der Waals surface area contributed by atoms with Gasteiger partial charge >= 0.3 is 0 Å². The number of sulfone groups is 1. The number of fused-ring (bicyclic) bond motifs is 1. The molecule has 6 nitrogen and oxygen atoms in total. The molecule has 0 N–H and O–H groups in total. The van der Waals surface area contributed by atoms with E-state index in [4.69, 9.17) is 9.47 Å². The van der Waals surface area contributed by atoms with Gasteiger partial charge in [-0.2, -0.15) is 0 Å². The van der Waals surface area contributed by atoms with Crippen LogP contribution in [0.2, 0.25) is 0 Å². The van der Waals surface area contributed by atoms with E-state index in [2.05, 4.69) is 0 Å². The first-order chi connectivity index (χ1) is 15.8. The number of aryl methyl sites for hydroxylation is 2. The maximum absolute atomic E-state index is 13.5. The highest BCUT2D eigenvalue weighted by molar-refractivity contribution is 7.91. The predicted octanol–water partition coefficient (Wildman–Crippen LogP) is 4.52. The van der Waals surface area contributed by atoms with Crippen molar-refractivity contribution in [3.8, 4) is 11.5 Å². The Hall–Kier alpha value is -3.58. The number of pyridine rings is 1. The Labute approximate surface area is 192 Å². The molecular weight excluding hydrogens is 438 g/mol. The number of rotatable bonds is 6. The van der Waals surface area contributed by atoms with E-state index in [1.54, 1.807) is 28.8 Å².